The second-order valence-corrected chi connectivity index (χ2v) is 5.59. The zero-order chi connectivity index (χ0) is 12.7. The molecule has 98 valence electrons. The van der Waals surface area contributed by atoms with Gasteiger partial charge in [-0.25, -0.2) is 0 Å². The third kappa shape index (κ3) is 2.20. The molecule has 1 aromatic heterocycles. The second kappa shape index (κ2) is 4.33. The predicted octanol–water partition coefficient (Wildman–Crippen LogP) is 2.26. The number of benzene rings is 1. The van der Waals surface area contributed by atoms with Gasteiger partial charge in [-0.2, -0.15) is 4.68 Å². The van der Waals surface area contributed by atoms with Gasteiger partial charge >= 0.3 is 0 Å². The molecule has 2 fully saturated rings. The van der Waals surface area contributed by atoms with Gasteiger partial charge in [-0.3, -0.25) is 0 Å². The van der Waals surface area contributed by atoms with Crippen LogP contribution in [-0.2, 0) is 0 Å². The summed E-state index contributed by atoms with van der Waals surface area (Å²) in [6.07, 6.45) is 5.39. The van der Waals surface area contributed by atoms with Crippen molar-refractivity contribution in [2.75, 3.05) is 5.32 Å². The third-order valence-corrected chi connectivity index (χ3v) is 4.03. The summed E-state index contributed by atoms with van der Waals surface area (Å²) in [5, 5.41) is 15.6. The molecule has 2 aliphatic carbocycles. The van der Waals surface area contributed by atoms with E-state index in [0.29, 0.717) is 6.04 Å². The minimum absolute atomic E-state index is 0.563. The molecule has 4 rings (SSSR count). The molecule has 0 bridgehead atoms. The van der Waals surface area contributed by atoms with Crippen molar-refractivity contribution in [3.63, 3.8) is 0 Å². The lowest BCUT2D eigenvalue weighted by Crippen LogP contribution is -2.26. The van der Waals surface area contributed by atoms with E-state index >= 15 is 0 Å². The third-order valence-electron chi connectivity index (χ3n) is 4.03. The molecular weight excluding hydrogens is 238 g/mol. The largest absolute Gasteiger partial charge is 0.349 e. The molecule has 0 saturated heterocycles. The van der Waals surface area contributed by atoms with Crippen molar-refractivity contribution in [3.05, 3.63) is 30.3 Å². The van der Waals surface area contributed by atoms with Gasteiger partial charge in [0.25, 0.3) is 0 Å². The van der Waals surface area contributed by atoms with Crippen LogP contribution in [0, 0.1) is 11.8 Å². The average Bonchev–Trinajstić information content (AvgIpc) is 3.37. The molecule has 0 atom stereocenters. The Kier molecular flexibility index (Phi) is 2.50. The molecule has 1 N–H and O–H groups in total. The Labute approximate surface area is 112 Å². The molecule has 2 aliphatic rings. The maximum atomic E-state index is 4.14. The Morgan fingerprint density at radius 2 is 1.74 bits per heavy atom. The fraction of sp³-hybridized carbons (Fsp3) is 0.500. The van der Waals surface area contributed by atoms with Gasteiger partial charge in [0, 0.05) is 6.04 Å². The molecular formula is C14H17N5. The topological polar surface area (TPSA) is 55.6 Å². The van der Waals surface area contributed by atoms with Gasteiger partial charge in [-0.15, -0.1) is 0 Å². The van der Waals surface area contributed by atoms with Crippen LogP contribution in [0.5, 0.6) is 0 Å². The molecule has 5 heteroatoms. The summed E-state index contributed by atoms with van der Waals surface area (Å²) in [5.41, 5.74) is 1.00. The Hall–Kier alpha value is -1.91. The van der Waals surface area contributed by atoms with Crippen LogP contribution in [0.1, 0.15) is 25.7 Å². The monoisotopic (exact) mass is 255 g/mol. The standard InChI is InChI=1S/C14H17N5/c1-2-4-12(5-3-1)19-14(16-17-18-19)15-13(10-6-7-10)11-8-9-11/h1-5,10-11,13H,6-9H2,(H,15,16,18). The van der Waals surface area contributed by atoms with Crippen molar-refractivity contribution >= 4 is 5.95 Å². The molecule has 2 saturated carbocycles. The summed E-state index contributed by atoms with van der Waals surface area (Å²) in [4.78, 5) is 0. The van der Waals surface area contributed by atoms with Gasteiger partial charge in [0.1, 0.15) is 0 Å². The molecule has 0 radical (unpaired) electrons. The van der Waals surface area contributed by atoms with Crippen molar-refractivity contribution in [1.82, 2.24) is 20.2 Å². The van der Waals surface area contributed by atoms with Crippen LogP contribution in [0.25, 0.3) is 5.69 Å². The van der Waals surface area contributed by atoms with Crippen molar-refractivity contribution in [2.45, 2.75) is 31.7 Å². The second-order valence-electron chi connectivity index (χ2n) is 5.59. The number of anilines is 1. The molecule has 2 aromatic rings. The van der Waals surface area contributed by atoms with E-state index in [9.17, 15) is 0 Å². The van der Waals surface area contributed by atoms with Crippen LogP contribution in [0.4, 0.5) is 5.95 Å². The van der Waals surface area contributed by atoms with Crippen LogP contribution in [0.2, 0.25) is 0 Å². The zero-order valence-electron chi connectivity index (χ0n) is 10.7. The van der Waals surface area contributed by atoms with E-state index in [0.717, 1.165) is 23.5 Å². The molecule has 0 spiro atoms. The quantitative estimate of drug-likeness (QED) is 0.890. The SMILES string of the molecule is c1ccc(-n2nnnc2NC(C2CC2)C2CC2)cc1. The number of nitrogens with zero attached hydrogens (tertiary/aromatic N) is 4. The summed E-state index contributed by atoms with van der Waals surface area (Å²) in [5.74, 6) is 2.43. The number of hydrogen-bond acceptors (Lipinski definition) is 4. The lowest BCUT2D eigenvalue weighted by Gasteiger charge is -2.17. The first-order valence-electron chi connectivity index (χ1n) is 7.02. The highest BCUT2D eigenvalue weighted by Gasteiger charge is 2.42. The minimum Gasteiger partial charge on any atom is -0.349 e. The fourth-order valence-corrected chi connectivity index (χ4v) is 2.70. The molecule has 1 heterocycles. The van der Waals surface area contributed by atoms with Gasteiger partial charge < -0.3 is 5.32 Å². The van der Waals surface area contributed by atoms with Gasteiger partial charge in [0.15, 0.2) is 0 Å². The number of tetrazole rings is 1. The lowest BCUT2D eigenvalue weighted by atomic mass is 10.1. The molecule has 0 amide bonds. The van der Waals surface area contributed by atoms with Crippen molar-refractivity contribution in [1.29, 1.82) is 0 Å². The highest BCUT2D eigenvalue weighted by atomic mass is 15.6. The molecule has 19 heavy (non-hydrogen) atoms. The summed E-state index contributed by atoms with van der Waals surface area (Å²) in [6.45, 7) is 0. The van der Waals surface area contributed by atoms with E-state index in [2.05, 4.69) is 20.8 Å². The molecule has 1 aromatic carbocycles. The van der Waals surface area contributed by atoms with Crippen molar-refractivity contribution < 1.29 is 0 Å². The smallest absolute Gasteiger partial charge is 0.247 e. The Morgan fingerprint density at radius 1 is 1.05 bits per heavy atom. The Morgan fingerprint density at radius 3 is 2.37 bits per heavy atom. The first-order valence-corrected chi connectivity index (χ1v) is 7.02. The van der Waals surface area contributed by atoms with Gasteiger partial charge in [-0.1, -0.05) is 23.3 Å². The molecule has 0 aliphatic heterocycles. The maximum Gasteiger partial charge on any atom is 0.247 e. The van der Waals surface area contributed by atoms with E-state index in [1.54, 1.807) is 4.68 Å². The zero-order valence-corrected chi connectivity index (χ0v) is 10.7. The molecule has 5 nitrogen and oxygen atoms in total. The minimum atomic E-state index is 0.563. The van der Waals surface area contributed by atoms with E-state index in [-0.39, 0.29) is 0 Å². The van der Waals surface area contributed by atoms with Crippen molar-refractivity contribution in [2.24, 2.45) is 11.8 Å². The van der Waals surface area contributed by atoms with Crippen LogP contribution in [0.15, 0.2) is 30.3 Å². The highest BCUT2D eigenvalue weighted by molar-refractivity contribution is 5.39. The van der Waals surface area contributed by atoms with Crippen molar-refractivity contribution in [3.8, 4) is 5.69 Å². The summed E-state index contributed by atoms with van der Waals surface area (Å²) in [6, 6.07) is 10.6. The normalized spacial score (nSPS) is 18.8. The van der Waals surface area contributed by atoms with Crippen LogP contribution in [-0.4, -0.2) is 26.2 Å². The number of rotatable bonds is 5. The van der Waals surface area contributed by atoms with Crippen LogP contribution < -0.4 is 5.32 Å². The first kappa shape index (κ1) is 11.0. The van der Waals surface area contributed by atoms with E-state index < -0.39 is 0 Å². The maximum absolute atomic E-state index is 4.14. The molecule has 0 unspecified atom stereocenters. The Bertz CT molecular complexity index is 544. The van der Waals surface area contributed by atoms with Gasteiger partial charge in [0.05, 0.1) is 5.69 Å². The summed E-state index contributed by atoms with van der Waals surface area (Å²) >= 11 is 0. The van der Waals surface area contributed by atoms with Gasteiger partial charge in [-0.05, 0) is 60.1 Å². The first-order chi connectivity index (χ1) is 9.42. The number of hydrogen-bond donors (Lipinski definition) is 1. The predicted molar refractivity (Wildman–Crippen MR) is 72.0 cm³/mol. The number of aromatic nitrogens is 4. The van der Waals surface area contributed by atoms with Gasteiger partial charge in [0.2, 0.25) is 5.95 Å². The number of nitrogens with one attached hydrogen (secondary N) is 1. The fourth-order valence-electron chi connectivity index (χ4n) is 2.70. The van der Waals surface area contributed by atoms with E-state index in [1.807, 2.05) is 30.3 Å². The van der Waals surface area contributed by atoms with E-state index in [4.69, 9.17) is 0 Å². The summed E-state index contributed by atoms with van der Waals surface area (Å²) in [7, 11) is 0. The van der Waals surface area contributed by atoms with E-state index in [1.165, 1.54) is 25.7 Å². The Balaban J connectivity index is 1.59. The highest BCUT2D eigenvalue weighted by Crippen LogP contribution is 2.45. The summed E-state index contributed by atoms with van der Waals surface area (Å²) < 4.78 is 1.79. The number of para-hydroxylation sites is 1. The van der Waals surface area contributed by atoms with Crippen LogP contribution >= 0.6 is 0 Å². The lowest BCUT2D eigenvalue weighted by molar-refractivity contribution is 0.561. The average molecular weight is 255 g/mol. The van der Waals surface area contributed by atoms with Crippen LogP contribution in [0.3, 0.4) is 0 Å².